The lowest BCUT2D eigenvalue weighted by atomic mass is 9.83. The molecule has 0 saturated carbocycles. The Kier molecular flexibility index (Phi) is 6.69. The molecule has 1 aliphatic rings. The summed E-state index contributed by atoms with van der Waals surface area (Å²) in [5.74, 6) is 1.02. The molecule has 3 aromatic rings. The van der Waals surface area contributed by atoms with E-state index in [4.69, 9.17) is 24.7 Å². The van der Waals surface area contributed by atoms with E-state index in [1.165, 1.54) is 5.56 Å². The number of esters is 1. The van der Waals surface area contributed by atoms with E-state index in [-0.39, 0.29) is 24.2 Å². The zero-order chi connectivity index (χ0) is 24.1. The topological polar surface area (TPSA) is 104 Å². The molecule has 0 fully saturated rings. The molecule has 172 valence electrons. The minimum Gasteiger partial charge on any atom is -0.497 e. The van der Waals surface area contributed by atoms with Gasteiger partial charge in [-0.25, -0.2) is 4.79 Å². The first-order chi connectivity index (χ1) is 16.5. The number of aryl methyl sites for hydroxylation is 1. The van der Waals surface area contributed by atoms with Crippen molar-refractivity contribution in [3.05, 3.63) is 94.9 Å². The molecular formula is C27H24N2O5. The standard InChI is InChI=1S/C27H24N2O5/c1-3-17-4-6-18(7-5-17)26-22-13-12-21(14-24(22)34-27(29)23(26)15-28)33-25(30)16-32-20-10-8-19(31-2)9-11-20/h4-14,26H,3,16,29H2,1-2H3. The van der Waals surface area contributed by atoms with Gasteiger partial charge in [0.15, 0.2) is 6.61 Å². The van der Waals surface area contributed by atoms with Crippen LogP contribution in [0.2, 0.25) is 0 Å². The van der Waals surface area contributed by atoms with E-state index in [1.807, 2.05) is 24.3 Å². The molecule has 1 atom stereocenters. The Balaban J connectivity index is 1.51. The number of rotatable bonds is 7. The second-order valence-corrected chi connectivity index (χ2v) is 7.66. The largest absolute Gasteiger partial charge is 0.497 e. The van der Waals surface area contributed by atoms with E-state index in [1.54, 1.807) is 49.6 Å². The summed E-state index contributed by atoms with van der Waals surface area (Å²) in [6.07, 6.45) is 0.921. The van der Waals surface area contributed by atoms with Crippen LogP contribution in [0, 0.1) is 11.3 Å². The number of hydrogen-bond donors (Lipinski definition) is 1. The van der Waals surface area contributed by atoms with Gasteiger partial charge in [0, 0.05) is 11.6 Å². The first-order valence-corrected chi connectivity index (χ1v) is 10.8. The van der Waals surface area contributed by atoms with E-state index < -0.39 is 5.97 Å². The molecule has 0 amide bonds. The lowest BCUT2D eigenvalue weighted by Gasteiger charge is -2.26. The van der Waals surface area contributed by atoms with Gasteiger partial charge in [0.05, 0.1) is 13.0 Å². The van der Waals surface area contributed by atoms with E-state index in [9.17, 15) is 10.1 Å². The Morgan fingerprint density at radius 2 is 1.71 bits per heavy atom. The minimum atomic E-state index is -0.570. The van der Waals surface area contributed by atoms with Crippen molar-refractivity contribution in [2.75, 3.05) is 13.7 Å². The molecule has 1 heterocycles. The SMILES string of the molecule is CCc1ccc(C2C(C#N)=C(N)Oc3cc(OC(=O)COc4ccc(OC)cc4)ccc32)cc1. The van der Waals surface area contributed by atoms with Gasteiger partial charge in [-0.3, -0.25) is 0 Å². The van der Waals surface area contributed by atoms with Crippen LogP contribution in [0.1, 0.15) is 29.5 Å². The number of nitriles is 1. The lowest BCUT2D eigenvalue weighted by molar-refractivity contribution is -0.136. The normalized spacial score (nSPS) is 14.4. The van der Waals surface area contributed by atoms with Crippen LogP contribution in [0.5, 0.6) is 23.0 Å². The Labute approximate surface area is 197 Å². The summed E-state index contributed by atoms with van der Waals surface area (Å²) < 4.78 is 21.7. The highest BCUT2D eigenvalue weighted by molar-refractivity contribution is 5.74. The van der Waals surface area contributed by atoms with E-state index in [2.05, 4.69) is 13.0 Å². The molecule has 4 rings (SSSR count). The maximum absolute atomic E-state index is 12.3. The number of ether oxygens (including phenoxy) is 4. The third-order valence-electron chi connectivity index (χ3n) is 5.56. The fourth-order valence-corrected chi connectivity index (χ4v) is 3.76. The number of nitrogens with two attached hydrogens (primary N) is 1. The highest BCUT2D eigenvalue weighted by Gasteiger charge is 2.31. The van der Waals surface area contributed by atoms with E-state index >= 15 is 0 Å². The summed E-state index contributed by atoms with van der Waals surface area (Å²) in [5, 5.41) is 9.72. The summed E-state index contributed by atoms with van der Waals surface area (Å²) >= 11 is 0. The van der Waals surface area contributed by atoms with Gasteiger partial charge < -0.3 is 24.7 Å². The molecule has 0 aliphatic carbocycles. The predicted molar refractivity (Wildman–Crippen MR) is 126 cm³/mol. The Morgan fingerprint density at radius 1 is 1.03 bits per heavy atom. The zero-order valence-corrected chi connectivity index (χ0v) is 18.9. The number of fused-ring (bicyclic) bond motifs is 1. The van der Waals surface area contributed by atoms with E-state index in [0.29, 0.717) is 22.8 Å². The first kappa shape index (κ1) is 22.7. The molecule has 0 aromatic heterocycles. The first-order valence-electron chi connectivity index (χ1n) is 10.8. The molecule has 0 bridgehead atoms. The number of hydrogen-bond acceptors (Lipinski definition) is 7. The molecule has 0 saturated heterocycles. The Bertz CT molecular complexity index is 1260. The van der Waals surface area contributed by atoms with Crippen molar-refractivity contribution in [1.82, 2.24) is 0 Å². The van der Waals surface area contributed by atoms with Crippen molar-refractivity contribution in [3.8, 4) is 29.1 Å². The maximum Gasteiger partial charge on any atom is 0.349 e. The summed E-state index contributed by atoms with van der Waals surface area (Å²) in [6.45, 7) is 1.82. The highest BCUT2D eigenvalue weighted by atomic mass is 16.6. The summed E-state index contributed by atoms with van der Waals surface area (Å²) in [5.41, 5.74) is 9.31. The number of carbonyl (C=O) groups excluding carboxylic acids is 1. The van der Waals surface area contributed by atoms with Crippen molar-refractivity contribution in [1.29, 1.82) is 5.26 Å². The van der Waals surface area contributed by atoms with Gasteiger partial charge in [-0.15, -0.1) is 0 Å². The molecule has 1 unspecified atom stereocenters. The lowest BCUT2D eigenvalue weighted by Crippen LogP contribution is -2.21. The van der Waals surface area contributed by atoms with Crippen LogP contribution in [0.25, 0.3) is 0 Å². The molecule has 2 N–H and O–H groups in total. The number of carbonyl (C=O) groups is 1. The van der Waals surface area contributed by atoms with Crippen LogP contribution in [-0.4, -0.2) is 19.7 Å². The Morgan fingerprint density at radius 3 is 2.35 bits per heavy atom. The second-order valence-electron chi connectivity index (χ2n) is 7.66. The molecule has 0 spiro atoms. The van der Waals surface area contributed by atoms with Crippen molar-refractivity contribution in [3.63, 3.8) is 0 Å². The predicted octanol–water partition coefficient (Wildman–Crippen LogP) is 4.46. The molecule has 34 heavy (non-hydrogen) atoms. The van der Waals surface area contributed by atoms with Crippen LogP contribution in [0.15, 0.2) is 78.2 Å². The van der Waals surface area contributed by atoms with E-state index in [0.717, 1.165) is 17.5 Å². The zero-order valence-electron chi connectivity index (χ0n) is 18.9. The fourth-order valence-electron chi connectivity index (χ4n) is 3.76. The van der Waals surface area contributed by atoms with Gasteiger partial charge in [-0.05, 0) is 47.9 Å². The van der Waals surface area contributed by atoms with Gasteiger partial charge in [0.25, 0.3) is 0 Å². The minimum absolute atomic E-state index is 0.0332. The van der Waals surface area contributed by atoms with Crippen LogP contribution in [-0.2, 0) is 11.2 Å². The summed E-state index contributed by atoms with van der Waals surface area (Å²) in [4.78, 5) is 12.3. The van der Waals surface area contributed by atoms with Gasteiger partial charge in [0.1, 0.15) is 34.6 Å². The van der Waals surface area contributed by atoms with Crippen molar-refractivity contribution in [2.45, 2.75) is 19.3 Å². The average molecular weight is 456 g/mol. The number of methoxy groups -OCH3 is 1. The van der Waals surface area contributed by atoms with Crippen LogP contribution >= 0.6 is 0 Å². The molecule has 3 aromatic carbocycles. The maximum atomic E-state index is 12.3. The van der Waals surface area contributed by atoms with Gasteiger partial charge >= 0.3 is 5.97 Å². The number of allylic oxidation sites excluding steroid dienone is 1. The van der Waals surface area contributed by atoms with Crippen LogP contribution in [0.3, 0.4) is 0 Å². The molecule has 0 radical (unpaired) electrons. The quantitative estimate of drug-likeness (QED) is 0.413. The van der Waals surface area contributed by atoms with Gasteiger partial charge in [-0.2, -0.15) is 5.26 Å². The molecular weight excluding hydrogens is 432 g/mol. The smallest absolute Gasteiger partial charge is 0.349 e. The van der Waals surface area contributed by atoms with Gasteiger partial charge in [0.2, 0.25) is 5.88 Å². The molecule has 7 nitrogen and oxygen atoms in total. The summed E-state index contributed by atoms with van der Waals surface area (Å²) in [6, 6.07) is 22.2. The molecule has 1 aliphatic heterocycles. The third-order valence-corrected chi connectivity index (χ3v) is 5.56. The monoisotopic (exact) mass is 456 g/mol. The third kappa shape index (κ3) is 4.81. The van der Waals surface area contributed by atoms with Crippen LogP contribution < -0.4 is 24.7 Å². The highest BCUT2D eigenvalue weighted by Crippen LogP contribution is 2.43. The average Bonchev–Trinajstić information content (AvgIpc) is 2.87. The number of benzene rings is 3. The molecule has 7 heteroatoms. The second kappa shape index (κ2) is 10.0. The Hall–Kier alpha value is -4.44. The van der Waals surface area contributed by atoms with Crippen molar-refractivity contribution in [2.24, 2.45) is 5.73 Å². The van der Waals surface area contributed by atoms with Gasteiger partial charge in [-0.1, -0.05) is 37.3 Å². The number of nitrogens with zero attached hydrogens (tertiary/aromatic N) is 1. The van der Waals surface area contributed by atoms with Crippen molar-refractivity contribution < 1.29 is 23.7 Å². The fraction of sp³-hybridized carbons (Fsp3) is 0.185. The van der Waals surface area contributed by atoms with Crippen molar-refractivity contribution >= 4 is 5.97 Å². The summed E-state index contributed by atoms with van der Waals surface area (Å²) in [7, 11) is 1.57. The van der Waals surface area contributed by atoms with Crippen LogP contribution in [0.4, 0.5) is 0 Å².